The maximum atomic E-state index is 13.7. The van der Waals surface area contributed by atoms with Gasteiger partial charge in [0.05, 0.1) is 12.3 Å². The smallest absolute Gasteiger partial charge is 0.356 e. The van der Waals surface area contributed by atoms with Gasteiger partial charge in [-0.2, -0.15) is 0 Å². The van der Waals surface area contributed by atoms with Crippen LogP contribution in [0, 0.1) is 5.82 Å². The minimum atomic E-state index is -1.16. The van der Waals surface area contributed by atoms with Gasteiger partial charge >= 0.3 is 5.97 Å². The highest BCUT2D eigenvalue weighted by molar-refractivity contribution is 5.85. The van der Waals surface area contributed by atoms with Crippen LogP contribution >= 0.6 is 0 Å². The normalized spacial score (nSPS) is 10.2. The van der Waals surface area contributed by atoms with Crippen LogP contribution in [0.5, 0.6) is 5.75 Å². The Labute approximate surface area is 108 Å². The van der Waals surface area contributed by atoms with Crippen molar-refractivity contribution in [3.05, 3.63) is 41.8 Å². The van der Waals surface area contributed by atoms with Crippen LogP contribution in [0.3, 0.4) is 0 Å². The van der Waals surface area contributed by atoms with E-state index in [0.29, 0.717) is 17.9 Å². The van der Waals surface area contributed by atoms with E-state index in [-0.39, 0.29) is 11.4 Å². The summed E-state index contributed by atoms with van der Waals surface area (Å²) in [5.74, 6) is -1.48. The number of aromatic carboxylic acids is 1. The molecule has 5 nitrogen and oxygen atoms in total. The highest BCUT2D eigenvalue weighted by Gasteiger charge is 2.09. The number of carboxylic acid groups (broad SMARTS) is 1. The topological polar surface area (TPSA) is 72.3 Å². The van der Waals surface area contributed by atoms with Crippen LogP contribution in [0.25, 0.3) is 11.3 Å². The summed E-state index contributed by atoms with van der Waals surface area (Å²) in [6.07, 6.45) is 0. The van der Waals surface area contributed by atoms with Crippen molar-refractivity contribution in [2.45, 2.75) is 6.92 Å². The molecule has 0 aliphatic rings. The van der Waals surface area contributed by atoms with E-state index >= 15 is 0 Å². The molecular weight excluding hydrogens is 251 g/mol. The lowest BCUT2D eigenvalue weighted by atomic mass is 10.1. The molecule has 0 aliphatic carbocycles. The van der Waals surface area contributed by atoms with E-state index in [2.05, 4.69) is 10.2 Å². The quantitative estimate of drug-likeness (QED) is 0.915. The molecule has 6 heteroatoms. The van der Waals surface area contributed by atoms with Crippen molar-refractivity contribution in [1.29, 1.82) is 0 Å². The highest BCUT2D eigenvalue weighted by Crippen LogP contribution is 2.24. The van der Waals surface area contributed by atoms with E-state index in [1.807, 2.05) is 0 Å². The van der Waals surface area contributed by atoms with E-state index in [1.54, 1.807) is 13.0 Å². The van der Waals surface area contributed by atoms with Gasteiger partial charge in [-0.15, -0.1) is 10.2 Å². The number of nitrogens with zero attached hydrogens (tertiary/aromatic N) is 2. The second-order valence-corrected chi connectivity index (χ2v) is 3.69. The molecule has 0 bridgehead atoms. The third kappa shape index (κ3) is 2.85. The van der Waals surface area contributed by atoms with Gasteiger partial charge in [-0.05, 0) is 37.3 Å². The number of hydrogen-bond donors (Lipinski definition) is 1. The molecule has 2 aromatic rings. The Hall–Kier alpha value is -2.50. The Morgan fingerprint density at radius 1 is 1.32 bits per heavy atom. The van der Waals surface area contributed by atoms with Gasteiger partial charge < -0.3 is 9.84 Å². The number of ether oxygens (including phenoxy) is 1. The summed E-state index contributed by atoms with van der Waals surface area (Å²) < 4.78 is 18.8. The summed E-state index contributed by atoms with van der Waals surface area (Å²) in [6, 6.07) is 7.21. The van der Waals surface area contributed by atoms with Crippen LogP contribution in [0.2, 0.25) is 0 Å². The zero-order chi connectivity index (χ0) is 13.8. The van der Waals surface area contributed by atoms with Crippen LogP contribution in [0.4, 0.5) is 4.39 Å². The maximum Gasteiger partial charge on any atom is 0.356 e. The van der Waals surface area contributed by atoms with Crippen molar-refractivity contribution < 1.29 is 19.0 Å². The van der Waals surface area contributed by atoms with Gasteiger partial charge in [0.15, 0.2) is 17.3 Å². The molecule has 0 aliphatic heterocycles. The molecule has 19 heavy (non-hydrogen) atoms. The molecule has 0 unspecified atom stereocenters. The summed E-state index contributed by atoms with van der Waals surface area (Å²) >= 11 is 0. The lowest BCUT2D eigenvalue weighted by molar-refractivity contribution is 0.0689. The molecule has 98 valence electrons. The van der Waals surface area contributed by atoms with E-state index in [4.69, 9.17) is 9.84 Å². The van der Waals surface area contributed by atoms with Crippen molar-refractivity contribution in [1.82, 2.24) is 10.2 Å². The van der Waals surface area contributed by atoms with Crippen molar-refractivity contribution in [2.24, 2.45) is 0 Å². The van der Waals surface area contributed by atoms with Gasteiger partial charge in [-0.25, -0.2) is 9.18 Å². The third-order valence-corrected chi connectivity index (χ3v) is 2.41. The van der Waals surface area contributed by atoms with Crippen molar-refractivity contribution in [3.63, 3.8) is 0 Å². The minimum absolute atomic E-state index is 0.157. The fraction of sp³-hybridized carbons (Fsp3) is 0.154. The molecule has 0 radical (unpaired) electrons. The average Bonchev–Trinajstić information content (AvgIpc) is 2.41. The van der Waals surface area contributed by atoms with E-state index < -0.39 is 11.8 Å². The lowest BCUT2D eigenvalue weighted by Crippen LogP contribution is -2.02. The number of hydrogen-bond acceptors (Lipinski definition) is 4. The monoisotopic (exact) mass is 262 g/mol. The number of carboxylic acids is 1. The Morgan fingerprint density at radius 3 is 2.63 bits per heavy atom. The third-order valence-electron chi connectivity index (χ3n) is 2.41. The molecule has 1 aromatic carbocycles. The van der Waals surface area contributed by atoms with E-state index in [1.165, 1.54) is 24.3 Å². The van der Waals surface area contributed by atoms with Gasteiger partial charge in [0.2, 0.25) is 0 Å². The lowest BCUT2D eigenvalue weighted by Gasteiger charge is -2.06. The Kier molecular flexibility index (Phi) is 3.70. The van der Waals surface area contributed by atoms with Crippen molar-refractivity contribution >= 4 is 5.97 Å². The van der Waals surface area contributed by atoms with Crippen LogP contribution in [-0.4, -0.2) is 27.9 Å². The van der Waals surface area contributed by atoms with Crippen LogP contribution in [0.1, 0.15) is 17.4 Å². The van der Waals surface area contributed by atoms with Gasteiger partial charge in [-0.3, -0.25) is 0 Å². The number of benzene rings is 1. The minimum Gasteiger partial charge on any atom is -0.491 e. The summed E-state index contributed by atoms with van der Waals surface area (Å²) in [5.41, 5.74) is 0.743. The van der Waals surface area contributed by atoms with Crippen LogP contribution in [-0.2, 0) is 0 Å². The second kappa shape index (κ2) is 5.43. The Balaban J connectivity index is 2.31. The first-order valence-electron chi connectivity index (χ1n) is 5.61. The number of carbonyl (C=O) groups is 1. The SMILES string of the molecule is CCOc1ccc(-c2ccc(C(=O)O)nn2)cc1F. The fourth-order valence-electron chi connectivity index (χ4n) is 1.53. The molecule has 0 spiro atoms. The molecule has 1 heterocycles. The number of halogens is 1. The zero-order valence-corrected chi connectivity index (χ0v) is 10.1. The molecule has 0 saturated carbocycles. The van der Waals surface area contributed by atoms with Gasteiger partial charge in [-0.1, -0.05) is 0 Å². The standard InChI is InChI=1S/C13H11FN2O3/c1-2-19-12-6-3-8(7-9(12)14)10-4-5-11(13(17)18)16-15-10/h3-7H,2H2,1H3,(H,17,18). The summed E-state index contributed by atoms with van der Waals surface area (Å²) in [7, 11) is 0. The Morgan fingerprint density at radius 2 is 2.11 bits per heavy atom. The van der Waals surface area contributed by atoms with Gasteiger partial charge in [0, 0.05) is 5.56 Å². The molecular formula is C13H11FN2O3. The number of rotatable bonds is 4. The highest BCUT2D eigenvalue weighted by atomic mass is 19.1. The van der Waals surface area contributed by atoms with Crippen molar-refractivity contribution in [3.8, 4) is 17.0 Å². The summed E-state index contributed by atoms with van der Waals surface area (Å²) in [5, 5.41) is 16.0. The second-order valence-electron chi connectivity index (χ2n) is 3.69. The zero-order valence-electron chi connectivity index (χ0n) is 10.1. The molecule has 0 saturated heterocycles. The first-order valence-corrected chi connectivity index (χ1v) is 5.61. The predicted molar refractivity (Wildman–Crippen MR) is 65.6 cm³/mol. The molecule has 1 aromatic heterocycles. The van der Waals surface area contributed by atoms with Crippen LogP contribution in [0.15, 0.2) is 30.3 Å². The largest absolute Gasteiger partial charge is 0.491 e. The first-order chi connectivity index (χ1) is 9.11. The van der Waals surface area contributed by atoms with Gasteiger partial charge in [0.25, 0.3) is 0 Å². The van der Waals surface area contributed by atoms with E-state index in [9.17, 15) is 9.18 Å². The first kappa shape index (κ1) is 12.9. The molecule has 1 N–H and O–H groups in total. The molecule has 2 rings (SSSR count). The van der Waals surface area contributed by atoms with E-state index in [0.717, 1.165) is 0 Å². The molecule has 0 fully saturated rings. The summed E-state index contributed by atoms with van der Waals surface area (Å²) in [4.78, 5) is 10.6. The maximum absolute atomic E-state index is 13.7. The average molecular weight is 262 g/mol. The van der Waals surface area contributed by atoms with Crippen LogP contribution < -0.4 is 4.74 Å². The van der Waals surface area contributed by atoms with Crippen molar-refractivity contribution in [2.75, 3.05) is 6.61 Å². The Bertz CT molecular complexity index is 599. The fourth-order valence-corrected chi connectivity index (χ4v) is 1.53. The number of aromatic nitrogens is 2. The van der Waals surface area contributed by atoms with Gasteiger partial charge in [0.1, 0.15) is 0 Å². The predicted octanol–water partition coefficient (Wildman–Crippen LogP) is 2.38. The summed E-state index contributed by atoms with van der Waals surface area (Å²) in [6.45, 7) is 2.15. The molecule has 0 atom stereocenters. The molecule has 0 amide bonds.